The van der Waals surface area contributed by atoms with Crippen molar-refractivity contribution in [3.63, 3.8) is 0 Å². The van der Waals surface area contributed by atoms with Gasteiger partial charge >= 0.3 is 0 Å². The molecule has 2 aromatic carbocycles. The molecule has 2 aliphatic rings. The van der Waals surface area contributed by atoms with Crippen molar-refractivity contribution in [2.75, 3.05) is 16.9 Å². The Balaban J connectivity index is 1.33. The molecule has 3 heterocycles. The molecular formula is C24H25N5O2S. The van der Waals surface area contributed by atoms with Gasteiger partial charge in [-0.05, 0) is 37.1 Å². The molecule has 32 heavy (non-hydrogen) atoms. The maximum absolute atomic E-state index is 13.1. The average molecular weight is 448 g/mol. The quantitative estimate of drug-likeness (QED) is 0.658. The van der Waals surface area contributed by atoms with Crippen LogP contribution in [0.2, 0.25) is 0 Å². The van der Waals surface area contributed by atoms with Crippen molar-refractivity contribution in [3.8, 4) is 11.4 Å². The van der Waals surface area contributed by atoms with Crippen LogP contribution in [0.25, 0.3) is 11.4 Å². The van der Waals surface area contributed by atoms with E-state index in [9.17, 15) is 9.59 Å². The van der Waals surface area contributed by atoms with E-state index in [1.165, 1.54) is 6.42 Å². The summed E-state index contributed by atoms with van der Waals surface area (Å²) in [4.78, 5) is 27.6. The standard InChI is InChI=1S/C24H25N5O2S/c30-23(20-15-32-16-29(20)24(31)17-8-3-1-4-9-17)25-19-11-7-10-18(14-19)22-27-26-21-12-5-2-6-13-28(21)22/h1,3-4,7-11,14,20H,2,5-6,12-13,15-16H2,(H,25,30). The molecule has 1 fully saturated rings. The molecule has 1 unspecified atom stereocenters. The molecule has 7 nitrogen and oxygen atoms in total. The molecule has 0 bridgehead atoms. The Morgan fingerprint density at radius 1 is 1.00 bits per heavy atom. The maximum Gasteiger partial charge on any atom is 0.255 e. The summed E-state index contributed by atoms with van der Waals surface area (Å²) in [6.07, 6.45) is 4.43. The van der Waals surface area contributed by atoms with Crippen molar-refractivity contribution >= 4 is 29.3 Å². The molecule has 0 radical (unpaired) electrons. The third-order valence-corrected chi connectivity index (χ3v) is 6.98. The Bertz CT molecular complexity index is 1130. The minimum Gasteiger partial charge on any atom is -0.324 e. The zero-order chi connectivity index (χ0) is 21.9. The lowest BCUT2D eigenvalue weighted by Crippen LogP contribution is -2.44. The number of carbonyl (C=O) groups excluding carboxylic acids is 2. The van der Waals surface area contributed by atoms with Crippen LogP contribution in [-0.4, -0.2) is 49.2 Å². The van der Waals surface area contributed by atoms with Crippen LogP contribution >= 0.6 is 11.8 Å². The third kappa shape index (κ3) is 4.14. The van der Waals surface area contributed by atoms with Gasteiger partial charge in [-0.3, -0.25) is 9.59 Å². The fourth-order valence-corrected chi connectivity index (χ4v) is 5.42. The number of thioether (sulfide) groups is 1. The highest BCUT2D eigenvalue weighted by atomic mass is 32.2. The van der Waals surface area contributed by atoms with E-state index < -0.39 is 6.04 Å². The van der Waals surface area contributed by atoms with Gasteiger partial charge < -0.3 is 14.8 Å². The number of nitrogens with zero attached hydrogens (tertiary/aromatic N) is 4. The molecule has 2 aliphatic heterocycles. The lowest BCUT2D eigenvalue weighted by atomic mass is 10.1. The molecule has 0 spiro atoms. The second kappa shape index (κ2) is 9.16. The Morgan fingerprint density at radius 2 is 1.88 bits per heavy atom. The van der Waals surface area contributed by atoms with E-state index in [1.807, 2.05) is 42.5 Å². The smallest absolute Gasteiger partial charge is 0.255 e. The molecule has 0 aliphatic carbocycles. The van der Waals surface area contributed by atoms with Crippen molar-refractivity contribution in [1.29, 1.82) is 0 Å². The minimum absolute atomic E-state index is 0.115. The van der Waals surface area contributed by atoms with Crippen molar-refractivity contribution in [3.05, 3.63) is 66.0 Å². The van der Waals surface area contributed by atoms with Crippen LogP contribution in [-0.2, 0) is 17.8 Å². The summed E-state index contributed by atoms with van der Waals surface area (Å²) in [5, 5.41) is 11.8. The molecule has 164 valence electrons. The van der Waals surface area contributed by atoms with Gasteiger partial charge in [-0.15, -0.1) is 22.0 Å². The Kier molecular flexibility index (Phi) is 5.94. The highest BCUT2D eigenvalue weighted by Crippen LogP contribution is 2.27. The fraction of sp³-hybridized carbons (Fsp3) is 0.333. The molecule has 0 saturated carbocycles. The Morgan fingerprint density at radius 3 is 2.75 bits per heavy atom. The van der Waals surface area contributed by atoms with Gasteiger partial charge in [-0.2, -0.15) is 0 Å². The summed E-state index contributed by atoms with van der Waals surface area (Å²) in [5.41, 5.74) is 2.23. The number of nitrogens with one attached hydrogen (secondary N) is 1. The molecule has 5 rings (SSSR count). The molecule has 2 amide bonds. The Hall–Kier alpha value is -3.13. The molecule has 8 heteroatoms. The molecule has 1 N–H and O–H groups in total. The van der Waals surface area contributed by atoms with Crippen LogP contribution in [0.3, 0.4) is 0 Å². The number of aryl methyl sites for hydroxylation is 1. The van der Waals surface area contributed by atoms with Gasteiger partial charge in [-0.25, -0.2) is 0 Å². The minimum atomic E-state index is -0.499. The molecule has 1 saturated heterocycles. The number of hydrogen-bond donors (Lipinski definition) is 1. The predicted octanol–water partition coefficient (Wildman–Crippen LogP) is 3.83. The molecule has 3 aromatic rings. The first-order valence-corrected chi connectivity index (χ1v) is 12.1. The number of fused-ring (bicyclic) bond motifs is 1. The second-order valence-electron chi connectivity index (χ2n) is 8.13. The highest BCUT2D eigenvalue weighted by molar-refractivity contribution is 7.99. The van der Waals surface area contributed by atoms with E-state index in [0.29, 0.717) is 22.9 Å². The Labute approximate surface area is 191 Å². The summed E-state index contributed by atoms with van der Waals surface area (Å²) in [6, 6.07) is 16.3. The number of hydrogen-bond acceptors (Lipinski definition) is 5. The van der Waals surface area contributed by atoms with Gasteiger partial charge in [0, 0.05) is 35.5 Å². The van der Waals surface area contributed by atoms with Gasteiger partial charge in [-0.1, -0.05) is 36.8 Å². The summed E-state index contributed by atoms with van der Waals surface area (Å²) in [5.74, 6) is 2.69. The topological polar surface area (TPSA) is 80.1 Å². The van der Waals surface area contributed by atoms with Gasteiger partial charge in [0.1, 0.15) is 11.9 Å². The molecular weight excluding hydrogens is 422 g/mol. The van der Waals surface area contributed by atoms with E-state index in [0.717, 1.165) is 43.0 Å². The van der Waals surface area contributed by atoms with Crippen LogP contribution in [0.4, 0.5) is 5.69 Å². The first-order valence-electron chi connectivity index (χ1n) is 11.0. The van der Waals surface area contributed by atoms with Crippen LogP contribution in [0, 0.1) is 0 Å². The number of aromatic nitrogens is 3. The van der Waals surface area contributed by atoms with Gasteiger partial charge in [0.25, 0.3) is 5.91 Å². The number of rotatable bonds is 4. The zero-order valence-electron chi connectivity index (χ0n) is 17.7. The predicted molar refractivity (Wildman–Crippen MR) is 125 cm³/mol. The maximum atomic E-state index is 13.1. The lowest BCUT2D eigenvalue weighted by Gasteiger charge is -2.23. The summed E-state index contributed by atoms with van der Waals surface area (Å²) in [7, 11) is 0. The van der Waals surface area contributed by atoms with Crippen LogP contribution in [0.1, 0.15) is 35.4 Å². The van der Waals surface area contributed by atoms with Crippen LogP contribution in [0.5, 0.6) is 0 Å². The SMILES string of the molecule is O=C(Nc1cccc(-c2nnc3n2CCCCC3)c1)C1CSCN1C(=O)c1ccccc1. The molecule has 1 atom stereocenters. The van der Waals surface area contributed by atoms with E-state index in [2.05, 4.69) is 20.1 Å². The third-order valence-electron chi connectivity index (χ3n) is 5.96. The first kappa shape index (κ1) is 20.8. The average Bonchev–Trinajstić information content (AvgIpc) is 3.41. The van der Waals surface area contributed by atoms with E-state index in [1.54, 1.807) is 28.8 Å². The fourth-order valence-electron chi connectivity index (χ4n) is 4.27. The van der Waals surface area contributed by atoms with Crippen molar-refractivity contribution < 1.29 is 9.59 Å². The van der Waals surface area contributed by atoms with Gasteiger partial charge in [0.15, 0.2) is 5.82 Å². The van der Waals surface area contributed by atoms with Crippen LogP contribution in [0.15, 0.2) is 54.6 Å². The first-order chi connectivity index (χ1) is 15.7. The lowest BCUT2D eigenvalue weighted by molar-refractivity contribution is -0.119. The van der Waals surface area contributed by atoms with Crippen molar-refractivity contribution in [2.45, 2.75) is 38.3 Å². The van der Waals surface area contributed by atoms with Crippen molar-refractivity contribution in [2.24, 2.45) is 0 Å². The van der Waals surface area contributed by atoms with E-state index in [4.69, 9.17) is 0 Å². The number of benzene rings is 2. The second-order valence-corrected chi connectivity index (χ2v) is 9.13. The highest BCUT2D eigenvalue weighted by Gasteiger charge is 2.35. The van der Waals surface area contributed by atoms with Gasteiger partial charge in [0.2, 0.25) is 5.91 Å². The van der Waals surface area contributed by atoms with Gasteiger partial charge in [0.05, 0.1) is 5.88 Å². The largest absolute Gasteiger partial charge is 0.324 e. The number of amides is 2. The summed E-state index contributed by atoms with van der Waals surface area (Å²) < 4.78 is 2.20. The van der Waals surface area contributed by atoms with Crippen LogP contribution < -0.4 is 5.32 Å². The van der Waals surface area contributed by atoms with Crippen molar-refractivity contribution in [1.82, 2.24) is 19.7 Å². The number of carbonyl (C=O) groups is 2. The molecule has 1 aromatic heterocycles. The number of anilines is 1. The normalized spacial score (nSPS) is 18.1. The summed E-state index contributed by atoms with van der Waals surface area (Å²) >= 11 is 1.59. The van der Waals surface area contributed by atoms with E-state index >= 15 is 0 Å². The monoisotopic (exact) mass is 447 g/mol. The zero-order valence-corrected chi connectivity index (χ0v) is 18.6. The van der Waals surface area contributed by atoms with E-state index in [-0.39, 0.29) is 11.8 Å². The summed E-state index contributed by atoms with van der Waals surface area (Å²) in [6.45, 7) is 0.921.